The molecule has 5 nitrogen and oxygen atoms in total. The van der Waals surface area contributed by atoms with Gasteiger partial charge in [0, 0.05) is 12.1 Å². The fraction of sp³-hybridized carbons (Fsp3) is 0.154. The van der Waals surface area contributed by atoms with Crippen LogP contribution in [-0.4, -0.2) is 22.0 Å². The molecular weight excluding hydrogens is 264 g/mol. The summed E-state index contributed by atoms with van der Waals surface area (Å²) in [5.41, 5.74) is 3.21. The number of rotatable bonds is 5. The molecule has 1 aromatic carbocycles. The van der Waals surface area contributed by atoms with Crippen LogP contribution in [0.1, 0.15) is 21.7 Å². The number of anilines is 1. The van der Waals surface area contributed by atoms with Gasteiger partial charge in [0.15, 0.2) is 0 Å². The van der Waals surface area contributed by atoms with Crippen LogP contribution >= 0.6 is 11.3 Å². The first-order valence-electron chi connectivity index (χ1n) is 5.66. The van der Waals surface area contributed by atoms with Crippen LogP contribution in [-0.2, 0) is 11.2 Å². The Bertz CT molecular complexity index is 564. The highest BCUT2D eigenvalue weighted by atomic mass is 32.1. The van der Waals surface area contributed by atoms with E-state index in [1.807, 2.05) is 12.1 Å². The normalized spacial score (nSPS) is 10.1. The zero-order valence-electron chi connectivity index (χ0n) is 10.00. The molecule has 1 aromatic heterocycles. The third kappa shape index (κ3) is 3.89. The van der Waals surface area contributed by atoms with Crippen LogP contribution in [0.25, 0.3) is 0 Å². The van der Waals surface area contributed by atoms with E-state index in [-0.39, 0.29) is 12.3 Å². The van der Waals surface area contributed by atoms with E-state index in [0.717, 1.165) is 5.56 Å². The Morgan fingerprint density at radius 3 is 2.58 bits per heavy atom. The Morgan fingerprint density at radius 1 is 1.26 bits per heavy atom. The summed E-state index contributed by atoms with van der Waals surface area (Å²) in [6.45, 7) is 0. The Kier molecular flexibility index (Phi) is 4.25. The maximum atomic E-state index is 11.8. The van der Waals surface area contributed by atoms with Crippen molar-refractivity contribution in [2.24, 2.45) is 0 Å². The van der Waals surface area contributed by atoms with Gasteiger partial charge in [0.05, 0.1) is 11.7 Å². The minimum absolute atomic E-state index is 0.104. The standard InChI is InChI=1S/C13H12N2O3S/c16-12(17)6-3-9-1-4-10(5-2-9)15-13(18)11-7-14-8-19-11/h1-2,4-5,7-8H,3,6H2,(H,15,18)(H,16,17). The van der Waals surface area contributed by atoms with Gasteiger partial charge < -0.3 is 10.4 Å². The minimum atomic E-state index is -0.817. The van der Waals surface area contributed by atoms with Gasteiger partial charge in [0.25, 0.3) is 5.91 Å². The summed E-state index contributed by atoms with van der Waals surface area (Å²) in [5, 5.41) is 11.3. The van der Waals surface area contributed by atoms with Gasteiger partial charge in [0.1, 0.15) is 4.88 Å². The fourth-order valence-corrected chi connectivity index (χ4v) is 2.04. The van der Waals surface area contributed by atoms with E-state index < -0.39 is 5.97 Å². The lowest BCUT2D eigenvalue weighted by Crippen LogP contribution is -2.10. The first-order chi connectivity index (χ1) is 9.15. The third-order valence-electron chi connectivity index (χ3n) is 2.50. The van der Waals surface area contributed by atoms with E-state index in [1.165, 1.54) is 17.5 Å². The Labute approximate surface area is 113 Å². The monoisotopic (exact) mass is 276 g/mol. The van der Waals surface area contributed by atoms with Crippen molar-refractivity contribution in [3.63, 3.8) is 0 Å². The Balaban J connectivity index is 1.95. The zero-order valence-corrected chi connectivity index (χ0v) is 10.8. The lowest BCUT2D eigenvalue weighted by Gasteiger charge is -2.04. The minimum Gasteiger partial charge on any atom is -0.481 e. The molecule has 0 atom stereocenters. The molecule has 1 amide bonds. The molecule has 2 N–H and O–H groups in total. The van der Waals surface area contributed by atoms with Gasteiger partial charge in [0.2, 0.25) is 0 Å². The summed E-state index contributed by atoms with van der Waals surface area (Å²) in [4.78, 5) is 26.6. The Hall–Kier alpha value is -2.21. The molecule has 0 bridgehead atoms. The first-order valence-corrected chi connectivity index (χ1v) is 6.53. The molecule has 0 aliphatic heterocycles. The number of aryl methyl sites for hydroxylation is 1. The van der Waals surface area contributed by atoms with Crippen LogP contribution in [0.2, 0.25) is 0 Å². The molecule has 0 fully saturated rings. The second kappa shape index (κ2) is 6.10. The Morgan fingerprint density at radius 2 is 2.00 bits per heavy atom. The average Bonchev–Trinajstić information content (AvgIpc) is 2.92. The zero-order chi connectivity index (χ0) is 13.7. The average molecular weight is 276 g/mol. The molecule has 6 heteroatoms. The van der Waals surface area contributed by atoms with Crippen LogP contribution in [0.5, 0.6) is 0 Å². The second-order valence-electron chi connectivity index (χ2n) is 3.91. The summed E-state index contributed by atoms with van der Waals surface area (Å²) in [6.07, 6.45) is 2.10. The lowest BCUT2D eigenvalue weighted by atomic mass is 10.1. The number of nitrogens with zero attached hydrogens (tertiary/aromatic N) is 1. The molecule has 0 spiro atoms. The van der Waals surface area contributed by atoms with Crippen molar-refractivity contribution in [3.05, 3.63) is 46.4 Å². The molecule has 2 aromatic rings. The van der Waals surface area contributed by atoms with E-state index in [4.69, 9.17) is 5.11 Å². The number of carboxylic acid groups (broad SMARTS) is 1. The van der Waals surface area contributed by atoms with Gasteiger partial charge in [-0.25, -0.2) is 0 Å². The molecule has 0 aliphatic rings. The SMILES string of the molecule is O=C(O)CCc1ccc(NC(=O)c2cncs2)cc1. The van der Waals surface area contributed by atoms with Gasteiger partial charge in [-0.2, -0.15) is 0 Å². The predicted molar refractivity (Wildman–Crippen MR) is 72.5 cm³/mol. The summed E-state index contributed by atoms with van der Waals surface area (Å²) < 4.78 is 0. The molecule has 0 saturated carbocycles. The molecular formula is C13H12N2O3S. The van der Waals surface area contributed by atoms with Gasteiger partial charge in [-0.1, -0.05) is 12.1 Å². The number of carbonyl (C=O) groups is 2. The van der Waals surface area contributed by atoms with Crippen LogP contribution in [0, 0.1) is 0 Å². The van der Waals surface area contributed by atoms with Gasteiger partial charge in [-0.3, -0.25) is 14.6 Å². The molecule has 0 aliphatic carbocycles. The summed E-state index contributed by atoms with van der Waals surface area (Å²) in [5.74, 6) is -1.01. The van der Waals surface area contributed by atoms with Crippen LogP contribution in [0.15, 0.2) is 36.0 Å². The van der Waals surface area contributed by atoms with Gasteiger partial charge in [-0.05, 0) is 24.1 Å². The number of hydrogen-bond donors (Lipinski definition) is 2. The van der Waals surface area contributed by atoms with E-state index in [2.05, 4.69) is 10.3 Å². The quantitative estimate of drug-likeness (QED) is 0.879. The molecule has 98 valence electrons. The summed E-state index contributed by atoms with van der Waals surface area (Å²) in [7, 11) is 0. The molecule has 2 rings (SSSR count). The largest absolute Gasteiger partial charge is 0.481 e. The highest BCUT2D eigenvalue weighted by molar-refractivity contribution is 7.11. The van der Waals surface area contributed by atoms with Crippen LogP contribution in [0.4, 0.5) is 5.69 Å². The van der Waals surface area contributed by atoms with E-state index in [0.29, 0.717) is 17.0 Å². The predicted octanol–water partition coefficient (Wildman–Crippen LogP) is 2.41. The number of carboxylic acids is 1. The van der Waals surface area contributed by atoms with E-state index in [1.54, 1.807) is 17.6 Å². The van der Waals surface area contributed by atoms with Gasteiger partial charge >= 0.3 is 5.97 Å². The number of thiazole rings is 1. The van der Waals surface area contributed by atoms with Crippen LogP contribution < -0.4 is 5.32 Å². The number of hydrogen-bond acceptors (Lipinski definition) is 4. The number of aliphatic carboxylic acids is 1. The van der Waals surface area contributed by atoms with Crippen molar-refractivity contribution in [1.29, 1.82) is 0 Å². The highest BCUT2D eigenvalue weighted by Gasteiger charge is 2.07. The maximum absolute atomic E-state index is 11.8. The maximum Gasteiger partial charge on any atom is 0.303 e. The third-order valence-corrected chi connectivity index (χ3v) is 3.27. The number of aromatic nitrogens is 1. The van der Waals surface area contributed by atoms with Crippen LogP contribution in [0.3, 0.4) is 0 Å². The van der Waals surface area contributed by atoms with Crippen molar-refractivity contribution in [2.45, 2.75) is 12.8 Å². The van der Waals surface area contributed by atoms with Crippen molar-refractivity contribution >= 4 is 28.9 Å². The van der Waals surface area contributed by atoms with Crippen molar-refractivity contribution in [1.82, 2.24) is 4.98 Å². The van der Waals surface area contributed by atoms with Gasteiger partial charge in [-0.15, -0.1) is 11.3 Å². The molecule has 0 unspecified atom stereocenters. The second-order valence-corrected chi connectivity index (χ2v) is 4.80. The fourth-order valence-electron chi connectivity index (χ4n) is 1.53. The molecule has 1 heterocycles. The summed E-state index contributed by atoms with van der Waals surface area (Å²) in [6, 6.07) is 7.14. The number of benzene rings is 1. The molecule has 0 radical (unpaired) electrons. The lowest BCUT2D eigenvalue weighted by molar-refractivity contribution is -0.136. The number of carbonyl (C=O) groups excluding carboxylic acids is 1. The van der Waals surface area contributed by atoms with Crippen molar-refractivity contribution < 1.29 is 14.7 Å². The van der Waals surface area contributed by atoms with Crippen molar-refractivity contribution in [3.8, 4) is 0 Å². The molecule has 0 saturated heterocycles. The first kappa shape index (κ1) is 13.2. The number of nitrogens with one attached hydrogen (secondary N) is 1. The highest BCUT2D eigenvalue weighted by Crippen LogP contribution is 2.14. The van der Waals surface area contributed by atoms with Crippen molar-refractivity contribution in [2.75, 3.05) is 5.32 Å². The summed E-state index contributed by atoms with van der Waals surface area (Å²) >= 11 is 1.28. The topological polar surface area (TPSA) is 79.3 Å². The van der Waals surface area contributed by atoms with E-state index in [9.17, 15) is 9.59 Å². The van der Waals surface area contributed by atoms with E-state index >= 15 is 0 Å². The number of amides is 1. The molecule has 19 heavy (non-hydrogen) atoms. The smallest absolute Gasteiger partial charge is 0.303 e.